The average molecular weight is 526 g/mol. The maximum absolute atomic E-state index is 13.0. The molecule has 1 heterocycles. The first kappa shape index (κ1) is 28.3. The Morgan fingerprint density at radius 3 is 2.37 bits per heavy atom. The minimum Gasteiger partial charge on any atom is -0.495 e. The number of hydrogen-bond acceptors (Lipinski definition) is 5. The number of rotatable bonds is 8. The number of anilines is 2. The van der Waals surface area contributed by atoms with E-state index >= 15 is 0 Å². The van der Waals surface area contributed by atoms with Crippen LogP contribution in [0.3, 0.4) is 0 Å². The molecular formula is C27H35N5O6. The van der Waals surface area contributed by atoms with E-state index in [1.165, 1.54) is 7.11 Å². The molecule has 1 aliphatic rings. The standard InChI is InChI=1S/C27H35N5O6/c1-18-7-4-5-8-21(18)29-26(36)30-22-10-9-20(16-23(22)38-3)17-24(33)31-11-6-12-32(14-13-31)27(37)28-19(2)15-25(34)35/h4-5,7-10,16,19H,6,11-15,17H2,1-3H3,(H,28,37)(H,34,35)(H2,29,30,36)/t19-/m0/s1. The molecule has 1 saturated heterocycles. The van der Waals surface area contributed by atoms with Crippen molar-refractivity contribution in [1.29, 1.82) is 0 Å². The molecule has 2 aromatic carbocycles. The molecule has 11 heteroatoms. The number of nitrogens with zero attached hydrogens (tertiary/aromatic N) is 2. The lowest BCUT2D eigenvalue weighted by atomic mass is 10.1. The predicted octanol–water partition coefficient (Wildman–Crippen LogP) is 3.30. The molecule has 0 radical (unpaired) electrons. The molecule has 1 atom stereocenters. The van der Waals surface area contributed by atoms with Gasteiger partial charge in [-0.1, -0.05) is 24.3 Å². The number of carbonyl (C=O) groups is 4. The minimum atomic E-state index is -0.976. The molecule has 5 amide bonds. The van der Waals surface area contributed by atoms with Crippen LogP contribution in [0.5, 0.6) is 5.75 Å². The number of carbonyl (C=O) groups excluding carboxylic acids is 3. The summed E-state index contributed by atoms with van der Waals surface area (Å²) in [5.41, 5.74) is 2.85. The highest BCUT2D eigenvalue weighted by Crippen LogP contribution is 2.26. The van der Waals surface area contributed by atoms with Crippen molar-refractivity contribution in [3.05, 3.63) is 53.6 Å². The van der Waals surface area contributed by atoms with Crippen LogP contribution in [0.25, 0.3) is 0 Å². The van der Waals surface area contributed by atoms with Crippen LogP contribution in [0, 0.1) is 6.92 Å². The van der Waals surface area contributed by atoms with Crippen molar-refractivity contribution in [2.45, 2.75) is 39.2 Å². The van der Waals surface area contributed by atoms with E-state index in [1.807, 2.05) is 31.2 Å². The number of urea groups is 2. The van der Waals surface area contributed by atoms with Crippen LogP contribution in [-0.4, -0.2) is 78.2 Å². The zero-order valence-corrected chi connectivity index (χ0v) is 22.0. The van der Waals surface area contributed by atoms with Crippen LogP contribution >= 0.6 is 0 Å². The Hall–Kier alpha value is -4.28. The normalized spacial score (nSPS) is 14.2. The number of aliphatic carboxylic acids is 1. The highest BCUT2D eigenvalue weighted by molar-refractivity contribution is 6.01. The number of para-hydroxylation sites is 1. The third-order valence-electron chi connectivity index (χ3n) is 6.25. The van der Waals surface area contributed by atoms with Gasteiger partial charge in [0.15, 0.2) is 0 Å². The summed E-state index contributed by atoms with van der Waals surface area (Å²) < 4.78 is 5.45. The summed E-state index contributed by atoms with van der Waals surface area (Å²) in [6, 6.07) is 11.4. The maximum atomic E-state index is 13.0. The molecule has 0 aliphatic carbocycles. The quantitative estimate of drug-likeness (QED) is 0.417. The van der Waals surface area contributed by atoms with Gasteiger partial charge in [0.25, 0.3) is 0 Å². The van der Waals surface area contributed by atoms with E-state index < -0.39 is 18.0 Å². The van der Waals surface area contributed by atoms with E-state index in [0.29, 0.717) is 49.7 Å². The van der Waals surface area contributed by atoms with Crippen molar-refractivity contribution in [3.8, 4) is 5.75 Å². The molecule has 4 N–H and O–H groups in total. The van der Waals surface area contributed by atoms with Gasteiger partial charge in [-0.2, -0.15) is 0 Å². The van der Waals surface area contributed by atoms with Gasteiger partial charge in [0, 0.05) is 37.9 Å². The monoisotopic (exact) mass is 525 g/mol. The van der Waals surface area contributed by atoms with Crippen LogP contribution in [0.4, 0.5) is 21.0 Å². The van der Waals surface area contributed by atoms with Crippen molar-refractivity contribution in [3.63, 3.8) is 0 Å². The number of carboxylic acids is 1. The van der Waals surface area contributed by atoms with E-state index in [4.69, 9.17) is 9.84 Å². The van der Waals surface area contributed by atoms with E-state index in [9.17, 15) is 19.2 Å². The highest BCUT2D eigenvalue weighted by atomic mass is 16.5. The third kappa shape index (κ3) is 8.12. The highest BCUT2D eigenvalue weighted by Gasteiger charge is 2.23. The van der Waals surface area contributed by atoms with E-state index in [1.54, 1.807) is 34.9 Å². The molecular weight excluding hydrogens is 490 g/mol. The van der Waals surface area contributed by atoms with E-state index in [0.717, 1.165) is 11.1 Å². The van der Waals surface area contributed by atoms with Crippen molar-refractivity contribution < 1.29 is 29.0 Å². The van der Waals surface area contributed by atoms with Gasteiger partial charge in [0.1, 0.15) is 5.75 Å². The van der Waals surface area contributed by atoms with Gasteiger partial charge in [-0.05, 0) is 49.6 Å². The van der Waals surface area contributed by atoms with E-state index in [2.05, 4.69) is 16.0 Å². The Bertz CT molecular complexity index is 1170. The van der Waals surface area contributed by atoms with Crippen LogP contribution in [-0.2, 0) is 16.0 Å². The molecule has 11 nitrogen and oxygen atoms in total. The molecule has 0 bridgehead atoms. The lowest BCUT2D eigenvalue weighted by molar-refractivity contribution is -0.137. The average Bonchev–Trinajstić information content (AvgIpc) is 3.12. The maximum Gasteiger partial charge on any atom is 0.323 e. The Balaban J connectivity index is 1.55. The van der Waals surface area contributed by atoms with Gasteiger partial charge in [0.2, 0.25) is 5.91 Å². The summed E-state index contributed by atoms with van der Waals surface area (Å²) in [6.07, 6.45) is 0.613. The number of hydrogen-bond donors (Lipinski definition) is 4. The van der Waals surface area contributed by atoms with Gasteiger partial charge in [-0.3, -0.25) is 9.59 Å². The van der Waals surface area contributed by atoms with Crippen molar-refractivity contribution >= 4 is 35.3 Å². The summed E-state index contributed by atoms with van der Waals surface area (Å²) >= 11 is 0. The lowest BCUT2D eigenvalue weighted by Crippen LogP contribution is -2.46. The van der Waals surface area contributed by atoms with Crippen LogP contribution in [0.2, 0.25) is 0 Å². The fourth-order valence-corrected chi connectivity index (χ4v) is 4.21. The second-order valence-corrected chi connectivity index (χ2v) is 9.28. The molecule has 0 aromatic heterocycles. The molecule has 0 spiro atoms. The molecule has 38 heavy (non-hydrogen) atoms. The number of ether oxygens (including phenoxy) is 1. The Kier molecular flexibility index (Phi) is 9.92. The minimum absolute atomic E-state index is 0.0773. The van der Waals surface area contributed by atoms with Gasteiger partial charge in [-0.15, -0.1) is 0 Å². The smallest absolute Gasteiger partial charge is 0.323 e. The summed E-state index contributed by atoms with van der Waals surface area (Å²) in [5.74, 6) is -0.618. The van der Waals surface area contributed by atoms with Gasteiger partial charge < -0.3 is 35.6 Å². The summed E-state index contributed by atoms with van der Waals surface area (Å²) in [6.45, 7) is 5.29. The number of methoxy groups -OCH3 is 1. The van der Waals surface area contributed by atoms with Gasteiger partial charge >= 0.3 is 18.0 Å². The Morgan fingerprint density at radius 1 is 0.974 bits per heavy atom. The van der Waals surface area contributed by atoms with Crippen LogP contribution in [0.15, 0.2) is 42.5 Å². The molecule has 2 aromatic rings. The van der Waals surface area contributed by atoms with Crippen molar-refractivity contribution in [2.24, 2.45) is 0 Å². The Labute approximate surface area is 222 Å². The lowest BCUT2D eigenvalue weighted by Gasteiger charge is -2.24. The fraction of sp³-hybridized carbons (Fsp3) is 0.407. The van der Waals surface area contributed by atoms with E-state index in [-0.39, 0.29) is 24.8 Å². The Morgan fingerprint density at radius 2 is 1.66 bits per heavy atom. The zero-order chi connectivity index (χ0) is 27.7. The van der Waals surface area contributed by atoms with Gasteiger partial charge in [0.05, 0.1) is 25.6 Å². The van der Waals surface area contributed by atoms with Crippen molar-refractivity contribution in [2.75, 3.05) is 43.9 Å². The molecule has 3 rings (SSSR count). The van der Waals surface area contributed by atoms with Gasteiger partial charge in [-0.25, -0.2) is 9.59 Å². The summed E-state index contributed by atoms with van der Waals surface area (Å²) in [7, 11) is 1.50. The number of benzene rings is 2. The first-order valence-electron chi connectivity index (χ1n) is 12.5. The molecule has 1 fully saturated rings. The van der Waals surface area contributed by atoms with Crippen molar-refractivity contribution in [1.82, 2.24) is 15.1 Å². The molecule has 204 valence electrons. The zero-order valence-electron chi connectivity index (χ0n) is 22.0. The summed E-state index contributed by atoms with van der Waals surface area (Å²) in [5, 5.41) is 17.2. The predicted molar refractivity (Wildman–Crippen MR) is 144 cm³/mol. The topological polar surface area (TPSA) is 140 Å². The second kappa shape index (κ2) is 13.3. The number of aryl methyl sites for hydroxylation is 1. The molecule has 0 saturated carbocycles. The third-order valence-corrected chi connectivity index (χ3v) is 6.25. The molecule has 1 aliphatic heterocycles. The number of carboxylic acid groups (broad SMARTS) is 1. The first-order valence-corrected chi connectivity index (χ1v) is 12.5. The fourth-order valence-electron chi connectivity index (χ4n) is 4.21. The summed E-state index contributed by atoms with van der Waals surface area (Å²) in [4.78, 5) is 52.1. The SMILES string of the molecule is COc1cc(CC(=O)N2CCCN(C(=O)N[C@@H](C)CC(=O)O)CC2)ccc1NC(=O)Nc1ccccc1C. The largest absolute Gasteiger partial charge is 0.495 e. The van der Waals surface area contributed by atoms with Crippen LogP contribution in [0.1, 0.15) is 30.9 Å². The van der Waals surface area contributed by atoms with Crippen LogP contribution < -0.4 is 20.7 Å². The number of nitrogens with one attached hydrogen (secondary N) is 3. The first-order chi connectivity index (χ1) is 18.2. The second-order valence-electron chi connectivity index (χ2n) is 9.28. The molecule has 0 unspecified atom stereocenters. The number of amides is 5.